The Morgan fingerprint density at radius 2 is 1.88 bits per heavy atom. The lowest BCUT2D eigenvalue weighted by atomic mass is 10.2. The van der Waals surface area contributed by atoms with E-state index >= 15 is 0 Å². The van der Waals surface area contributed by atoms with Gasteiger partial charge >= 0.3 is 0 Å². The predicted molar refractivity (Wildman–Crippen MR) is 103 cm³/mol. The molecule has 0 unspecified atom stereocenters. The van der Waals surface area contributed by atoms with E-state index in [0.717, 1.165) is 27.9 Å². The van der Waals surface area contributed by atoms with Gasteiger partial charge in [-0.05, 0) is 53.7 Å². The highest BCUT2D eigenvalue weighted by Gasteiger charge is 2.34. The van der Waals surface area contributed by atoms with E-state index in [1.165, 1.54) is 12.1 Å². The molecule has 3 rings (SSSR count). The van der Waals surface area contributed by atoms with Crippen molar-refractivity contribution in [2.75, 3.05) is 31.0 Å². The second-order valence-electron chi connectivity index (χ2n) is 5.94. The molecular formula is C19H18FN3O2S. The van der Waals surface area contributed by atoms with Crippen LogP contribution in [-0.2, 0) is 4.79 Å². The van der Waals surface area contributed by atoms with Gasteiger partial charge in [-0.25, -0.2) is 4.39 Å². The molecule has 1 aliphatic heterocycles. The van der Waals surface area contributed by atoms with Crippen LogP contribution in [0.5, 0.6) is 0 Å². The zero-order valence-corrected chi connectivity index (χ0v) is 15.2. The predicted octanol–water partition coefficient (Wildman–Crippen LogP) is 4.00. The number of carbonyl (C=O) groups excluding carboxylic acids is 2. The average Bonchev–Trinajstić information content (AvgIpc) is 2.87. The molecule has 5 nitrogen and oxygen atoms in total. The van der Waals surface area contributed by atoms with Gasteiger partial charge in [0, 0.05) is 25.5 Å². The Morgan fingerprint density at radius 1 is 1.15 bits per heavy atom. The minimum atomic E-state index is -0.384. The SMILES string of the molecule is CN(C)c1ccc(/C=C2\SC(=O)N(CNc3cccc(F)c3)C2=O)cc1. The number of anilines is 2. The number of imide groups is 1. The number of nitrogens with one attached hydrogen (secondary N) is 1. The third kappa shape index (κ3) is 4.05. The fourth-order valence-corrected chi connectivity index (χ4v) is 3.26. The van der Waals surface area contributed by atoms with Gasteiger partial charge in [0.05, 0.1) is 11.6 Å². The summed E-state index contributed by atoms with van der Waals surface area (Å²) in [6, 6.07) is 13.6. The Balaban J connectivity index is 1.69. The molecule has 2 amide bonds. The van der Waals surface area contributed by atoms with E-state index < -0.39 is 0 Å². The van der Waals surface area contributed by atoms with Gasteiger partial charge in [0.2, 0.25) is 0 Å². The lowest BCUT2D eigenvalue weighted by Crippen LogP contribution is -2.33. The average molecular weight is 371 g/mol. The number of nitrogens with zero attached hydrogens (tertiary/aromatic N) is 2. The number of thioether (sulfide) groups is 1. The molecule has 134 valence electrons. The molecule has 1 N–H and O–H groups in total. The highest BCUT2D eigenvalue weighted by atomic mass is 32.2. The first-order chi connectivity index (χ1) is 12.4. The van der Waals surface area contributed by atoms with Crippen LogP contribution in [0.4, 0.5) is 20.6 Å². The van der Waals surface area contributed by atoms with Crippen molar-refractivity contribution in [1.29, 1.82) is 0 Å². The molecule has 1 heterocycles. The number of hydrogen-bond acceptors (Lipinski definition) is 5. The van der Waals surface area contributed by atoms with Crippen LogP contribution in [0, 0.1) is 5.82 Å². The van der Waals surface area contributed by atoms with Gasteiger partial charge in [0.15, 0.2) is 0 Å². The fourth-order valence-electron chi connectivity index (χ4n) is 2.43. The maximum atomic E-state index is 13.2. The zero-order chi connectivity index (χ0) is 18.7. The standard InChI is InChI=1S/C19H18FN3O2S/c1-22(2)16-8-6-13(7-9-16)10-17-18(24)23(19(25)26-17)12-21-15-5-3-4-14(20)11-15/h3-11,21H,12H2,1-2H3/b17-10-. The molecule has 1 saturated heterocycles. The van der Waals surface area contributed by atoms with Gasteiger partial charge < -0.3 is 10.2 Å². The highest BCUT2D eigenvalue weighted by molar-refractivity contribution is 8.18. The van der Waals surface area contributed by atoms with Crippen LogP contribution in [-0.4, -0.2) is 36.8 Å². The molecule has 0 atom stereocenters. The van der Waals surface area contributed by atoms with E-state index in [-0.39, 0.29) is 23.6 Å². The summed E-state index contributed by atoms with van der Waals surface area (Å²) < 4.78 is 13.2. The molecule has 7 heteroatoms. The maximum Gasteiger partial charge on any atom is 0.295 e. The van der Waals surface area contributed by atoms with Gasteiger partial charge in [0.1, 0.15) is 5.82 Å². The van der Waals surface area contributed by atoms with Crippen LogP contribution in [0.25, 0.3) is 6.08 Å². The van der Waals surface area contributed by atoms with Gasteiger partial charge in [-0.1, -0.05) is 18.2 Å². The maximum absolute atomic E-state index is 13.2. The Bertz CT molecular complexity index is 865. The minimum Gasteiger partial charge on any atom is -0.378 e. The number of halogens is 1. The largest absolute Gasteiger partial charge is 0.378 e. The van der Waals surface area contributed by atoms with Crippen molar-refractivity contribution in [1.82, 2.24) is 4.90 Å². The van der Waals surface area contributed by atoms with Gasteiger partial charge in [0.25, 0.3) is 11.1 Å². The molecule has 2 aromatic carbocycles. The van der Waals surface area contributed by atoms with Crippen LogP contribution in [0.3, 0.4) is 0 Å². The Morgan fingerprint density at radius 3 is 2.54 bits per heavy atom. The second-order valence-corrected chi connectivity index (χ2v) is 6.93. The summed E-state index contributed by atoms with van der Waals surface area (Å²) >= 11 is 0.899. The van der Waals surface area contributed by atoms with Gasteiger partial charge in [-0.15, -0.1) is 0 Å². The first kappa shape index (κ1) is 18.0. The van der Waals surface area contributed by atoms with E-state index in [0.29, 0.717) is 10.6 Å². The number of amides is 2. The van der Waals surface area contributed by atoms with Crippen LogP contribution < -0.4 is 10.2 Å². The van der Waals surface area contributed by atoms with E-state index in [9.17, 15) is 14.0 Å². The van der Waals surface area contributed by atoms with Crippen molar-refractivity contribution in [3.8, 4) is 0 Å². The molecule has 0 aliphatic carbocycles. The zero-order valence-electron chi connectivity index (χ0n) is 14.4. The van der Waals surface area contributed by atoms with Crippen molar-refractivity contribution in [2.45, 2.75) is 0 Å². The third-order valence-corrected chi connectivity index (χ3v) is 4.75. The Labute approximate surface area is 155 Å². The highest BCUT2D eigenvalue weighted by Crippen LogP contribution is 2.32. The molecule has 1 aliphatic rings. The van der Waals surface area contributed by atoms with Crippen LogP contribution in [0.1, 0.15) is 5.56 Å². The molecule has 2 aromatic rings. The summed E-state index contributed by atoms with van der Waals surface area (Å²) in [5, 5.41) is 2.54. The van der Waals surface area contributed by atoms with Crippen molar-refractivity contribution in [3.63, 3.8) is 0 Å². The molecule has 0 radical (unpaired) electrons. The summed E-state index contributed by atoms with van der Waals surface area (Å²) in [5.41, 5.74) is 2.40. The molecular weight excluding hydrogens is 353 g/mol. The third-order valence-electron chi connectivity index (χ3n) is 3.85. The first-order valence-electron chi connectivity index (χ1n) is 7.96. The quantitative estimate of drug-likeness (QED) is 0.805. The van der Waals surface area contributed by atoms with Crippen molar-refractivity contribution < 1.29 is 14.0 Å². The molecule has 0 saturated carbocycles. The normalized spacial score (nSPS) is 15.7. The molecule has 1 fully saturated rings. The van der Waals surface area contributed by atoms with E-state index in [1.54, 1.807) is 18.2 Å². The summed E-state index contributed by atoms with van der Waals surface area (Å²) in [5.74, 6) is -0.745. The van der Waals surface area contributed by atoms with Crippen LogP contribution in [0.2, 0.25) is 0 Å². The Hall–Kier alpha value is -2.80. The lowest BCUT2D eigenvalue weighted by Gasteiger charge is -2.14. The topological polar surface area (TPSA) is 52.7 Å². The molecule has 0 bridgehead atoms. The van der Waals surface area contributed by atoms with Crippen LogP contribution >= 0.6 is 11.8 Å². The number of carbonyl (C=O) groups is 2. The summed E-state index contributed by atoms with van der Waals surface area (Å²) in [7, 11) is 3.90. The van der Waals surface area contributed by atoms with Crippen molar-refractivity contribution >= 4 is 40.4 Å². The van der Waals surface area contributed by atoms with Gasteiger partial charge in [-0.2, -0.15) is 0 Å². The van der Waals surface area contributed by atoms with Crippen molar-refractivity contribution in [3.05, 3.63) is 64.8 Å². The number of benzene rings is 2. The summed E-state index contributed by atoms with van der Waals surface area (Å²) in [6.07, 6.45) is 1.70. The summed E-state index contributed by atoms with van der Waals surface area (Å²) in [6.45, 7) is -0.00890. The lowest BCUT2D eigenvalue weighted by molar-refractivity contribution is -0.122. The minimum absolute atomic E-state index is 0.00890. The van der Waals surface area contributed by atoms with Crippen LogP contribution in [0.15, 0.2) is 53.4 Å². The fraction of sp³-hybridized carbons (Fsp3) is 0.158. The van der Waals surface area contributed by atoms with E-state index in [4.69, 9.17) is 0 Å². The Kier molecular flexibility index (Phi) is 5.27. The number of rotatable bonds is 5. The van der Waals surface area contributed by atoms with Crippen molar-refractivity contribution in [2.24, 2.45) is 0 Å². The number of hydrogen-bond donors (Lipinski definition) is 1. The summed E-state index contributed by atoms with van der Waals surface area (Å²) in [4.78, 5) is 28.1. The molecule has 0 spiro atoms. The first-order valence-corrected chi connectivity index (χ1v) is 8.78. The smallest absolute Gasteiger partial charge is 0.295 e. The monoisotopic (exact) mass is 371 g/mol. The molecule has 0 aromatic heterocycles. The van der Waals surface area contributed by atoms with E-state index in [1.807, 2.05) is 43.3 Å². The van der Waals surface area contributed by atoms with Gasteiger partial charge in [-0.3, -0.25) is 14.5 Å². The van der Waals surface area contributed by atoms with E-state index in [2.05, 4.69) is 5.32 Å². The second kappa shape index (κ2) is 7.61. The molecule has 26 heavy (non-hydrogen) atoms.